The molecule has 1 amide bonds. The lowest BCUT2D eigenvalue weighted by atomic mass is 9.95. The Morgan fingerprint density at radius 1 is 1.32 bits per heavy atom. The monoisotopic (exact) mass is 522 g/mol. The predicted octanol–water partition coefficient (Wildman–Crippen LogP) is 4.95. The first-order valence-corrected chi connectivity index (χ1v) is 12.9. The third-order valence-corrected chi connectivity index (χ3v) is 8.18. The normalized spacial score (nSPS) is 18.3. The van der Waals surface area contributed by atoms with E-state index < -0.39 is 0 Å². The molecule has 0 saturated heterocycles. The molecule has 2 atom stereocenters. The second-order valence-corrected chi connectivity index (χ2v) is 10.8. The number of halogens is 1. The van der Waals surface area contributed by atoms with Crippen molar-refractivity contribution in [3.8, 4) is 10.6 Å². The van der Waals surface area contributed by atoms with E-state index in [0.717, 1.165) is 43.2 Å². The molecule has 2 unspecified atom stereocenters. The van der Waals surface area contributed by atoms with Gasteiger partial charge >= 0.3 is 0 Å². The van der Waals surface area contributed by atoms with E-state index in [9.17, 15) is 4.79 Å². The van der Waals surface area contributed by atoms with E-state index >= 15 is 0 Å². The van der Waals surface area contributed by atoms with Crippen LogP contribution in [0.25, 0.3) is 20.8 Å². The van der Waals surface area contributed by atoms with Gasteiger partial charge in [0.15, 0.2) is 0 Å². The van der Waals surface area contributed by atoms with Crippen LogP contribution in [0.4, 0.5) is 5.00 Å². The minimum absolute atomic E-state index is 0.0160. The Bertz CT molecular complexity index is 1080. The summed E-state index contributed by atoms with van der Waals surface area (Å²) in [6.07, 6.45) is 1.35. The summed E-state index contributed by atoms with van der Waals surface area (Å²) in [6.45, 7) is 6.40. The van der Waals surface area contributed by atoms with Gasteiger partial charge in [-0.3, -0.25) is 4.79 Å². The van der Waals surface area contributed by atoms with Crippen LogP contribution in [0, 0.1) is 0 Å². The molecule has 0 fully saturated rings. The van der Waals surface area contributed by atoms with Crippen molar-refractivity contribution in [1.82, 2.24) is 15.6 Å². The van der Waals surface area contributed by atoms with Crippen molar-refractivity contribution in [2.75, 3.05) is 32.1 Å². The highest BCUT2D eigenvalue weighted by molar-refractivity contribution is 9.10. The summed E-state index contributed by atoms with van der Waals surface area (Å²) in [6, 6.07) is 6.82. The fraction of sp³-hybridized carbons (Fsp3) is 0.455. The minimum Gasteiger partial charge on any atom is -0.383 e. The molecular formula is C22H27BrN4O2S2. The summed E-state index contributed by atoms with van der Waals surface area (Å²) in [4.78, 5) is 18.9. The molecule has 1 aliphatic heterocycles. The fourth-order valence-corrected chi connectivity index (χ4v) is 6.61. The number of hydrogen-bond acceptors (Lipinski definition) is 7. The van der Waals surface area contributed by atoms with E-state index in [-0.39, 0.29) is 11.9 Å². The van der Waals surface area contributed by atoms with Gasteiger partial charge in [-0.05, 0) is 44.0 Å². The van der Waals surface area contributed by atoms with Gasteiger partial charge in [0, 0.05) is 53.6 Å². The van der Waals surface area contributed by atoms with Gasteiger partial charge in [-0.1, -0.05) is 15.9 Å². The predicted molar refractivity (Wildman–Crippen MR) is 133 cm³/mol. The summed E-state index contributed by atoms with van der Waals surface area (Å²) >= 11 is 6.90. The number of thiophene rings is 1. The maximum atomic E-state index is 12.7. The third kappa shape index (κ3) is 5.18. The quantitative estimate of drug-likeness (QED) is 0.365. The number of thiazole rings is 1. The third-order valence-electron chi connectivity index (χ3n) is 5.30. The van der Waals surface area contributed by atoms with Crippen LogP contribution in [0.5, 0.6) is 0 Å². The molecule has 3 aromatic rings. The van der Waals surface area contributed by atoms with Crippen molar-refractivity contribution in [3.63, 3.8) is 0 Å². The highest BCUT2D eigenvalue weighted by Gasteiger charge is 2.30. The van der Waals surface area contributed by atoms with Crippen LogP contribution in [-0.2, 0) is 16.0 Å². The molecule has 0 radical (unpaired) electrons. The van der Waals surface area contributed by atoms with Crippen LogP contribution in [0.15, 0.2) is 22.7 Å². The zero-order chi connectivity index (χ0) is 22.0. The molecule has 4 rings (SSSR count). The molecule has 2 aromatic heterocycles. The van der Waals surface area contributed by atoms with E-state index in [2.05, 4.69) is 51.8 Å². The number of hydrogen-bond donors (Lipinski definition) is 3. The SMILES string of the molecule is COCCNCCC(=O)Nc1sc2c(c1-c1nc3cc(Br)ccc3s1)CC(C)NC2C. The van der Waals surface area contributed by atoms with E-state index in [0.29, 0.717) is 25.6 Å². The molecule has 3 heterocycles. The number of benzene rings is 1. The number of carbonyl (C=O) groups is 1. The Kier molecular flexibility index (Phi) is 7.40. The molecule has 0 aliphatic carbocycles. The summed E-state index contributed by atoms with van der Waals surface area (Å²) < 4.78 is 7.20. The fourth-order valence-electron chi connectivity index (χ4n) is 3.91. The first-order valence-electron chi connectivity index (χ1n) is 10.4. The maximum Gasteiger partial charge on any atom is 0.226 e. The standard InChI is InChI=1S/C22H27BrN4O2S2/c1-12-10-15-19(21-26-16-11-14(23)4-5-17(16)30-21)22(31-20(15)13(2)25-12)27-18(28)6-7-24-8-9-29-3/h4-5,11-13,24-25H,6-10H2,1-3H3,(H,27,28). The van der Waals surface area contributed by atoms with Gasteiger partial charge in [0.05, 0.1) is 16.8 Å². The van der Waals surface area contributed by atoms with Gasteiger partial charge in [0.2, 0.25) is 5.91 Å². The largest absolute Gasteiger partial charge is 0.383 e. The Morgan fingerprint density at radius 3 is 2.97 bits per heavy atom. The first-order chi connectivity index (χ1) is 15.0. The van der Waals surface area contributed by atoms with Gasteiger partial charge in [0.25, 0.3) is 0 Å². The average Bonchev–Trinajstić information content (AvgIpc) is 3.28. The molecule has 166 valence electrons. The minimum atomic E-state index is 0.0160. The van der Waals surface area contributed by atoms with Gasteiger partial charge in [0.1, 0.15) is 10.0 Å². The number of aromatic nitrogens is 1. The second-order valence-electron chi connectivity index (χ2n) is 7.81. The smallest absolute Gasteiger partial charge is 0.226 e. The lowest BCUT2D eigenvalue weighted by molar-refractivity contribution is -0.116. The number of anilines is 1. The number of nitrogens with zero attached hydrogens (tertiary/aromatic N) is 1. The topological polar surface area (TPSA) is 75.3 Å². The summed E-state index contributed by atoms with van der Waals surface area (Å²) in [7, 11) is 1.67. The van der Waals surface area contributed by atoms with Crippen molar-refractivity contribution < 1.29 is 9.53 Å². The van der Waals surface area contributed by atoms with Gasteiger partial charge in [-0.2, -0.15) is 0 Å². The molecule has 0 saturated carbocycles. The number of methoxy groups -OCH3 is 1. The van der Waals surface area contributed by atoms with Crippen LogP contribution in [0.2, 0.25) is 0 Å². The number of nitrogens with one attached hydrogen (secondary N) is 3. The maximum absolute atomic E-state index is 12.7. The molecule has 31 heavy (non-hydrogen) atoms. The molecule has 1 aliphatic rings. The molecular weight excluding hydrogens is 496 g/mol. The Labute approximate surface area is 198 Å². The highest BCUT2D eigenvalue weighted by Crippen LogP contribution is 2.47. The number of rotatable bonds is 8. The van der Waals surface area contributed by atoms with Gasteiger partial charge < -0.3 is 20.7 Å². The zero-order valence-corrected chi connectivity index (χ0v) is 21.1. The van der Waals surface area contributed by atoms with E-state index in [1.54, 1.807) is 29.8 Å². The second kappa shape index (κ2) is 10.1. The van der Waals surface area contributed by atoms with E-state index in [1.165, 1.54) is 10.4 Å². The summed E-state index contributed by atoms with van der Waals surface area (Å²) in [5, 5.41) is 11.9. The van der Waals surface area contributed by atoms with Crippen LogP contribution < -0.4 is 16.0 Å². The number of fused-ring (bicyclic) bond motifs is 2. The van der Waals surface area contributed by atoms with Gasteiger partial charge in [-0.15, -0.1) is 22.7 Å². The van der Waals surface area contributed by atoms with E-state index in [1.807, 2.05) is 12.1 Å². The molecule has 1 aromatic carbocycles. The molecule has 6 nitrogen and oxygen atoms in total. The lowest BCUT2D eigenvalue weighted by Gasteiger charge is -2.26. The first kappa shape index (κ1) is 22.8. The van der Waals surface area contributed by atoms with Crippen molar-refractivity contribution in [2.24, 2.45) is 0 Å². The molecule has 3 N–H and O–H groups in total. The van der Waals surface area contributed by atoms with Crippen LogP contribution in [0.1, 0.15) is 36.8 Å². The Balaban J connectivity index is 1.65. The highest BCUT2D eigenvalue weighted by atomic mass is 79.9. The van der Waals surface area contributed by atoms with Crippen molar-refractivity contribution in [2.45, 2.75) is 38.8 Å². The van der Waals surface area contributed by atoms with Crippen LogP contribution in [0.3, 0.4) is 0 Å². The molecule has 0 spiro atoms. The number of ether oxygens (including phenoxy) is 1. The number of amides is 1. The van der Waals surface area contributed by atoms with Crippen LogP contribution >= 0.6 is 38.6 Å². The lowest BCUT2D eigenvalue weighted by Crippen LogP contribution is -2.35. The average molecular weight is 524 g/mol. The van der Waals surface area contributed by atoms with Crippen molar-refractivity contribution in [1.29, 1.82) is 0 Å². The van der Waals surface area contributed by atoms with Gasteiger partial charge in [-0.25, -0.2) is 4.98 Å². The summed E-state index contributed by atoms with van der Waals surface area (Å²) in [5.74, 6) is 0.0160. The van der Waals surface area contributed by atoms with Crippen LogP contribution in [-0.4, -0.2) is 43.7 Å². The van der Waals surface area contributed by atoms with Crippen molar-refractivity contribution >= 4 is 59.7 Å². The summed E-state index contributed by atoms with van der Waals surface area (Å²) in [5.41, 5.74) is 3.39. The molecule has 0 bridgehead atoms. The van der Waals surface area contributed by atoms with Crippen molar-refractivity contribution in [3.05, 3.63) is 33.1 Å². The Morgan fingerprint density at radius 2 is 2.16 bits per heavy atom. The van der Waals surface area contributed by atoms with E-state index in [4.69, 9.17) is 9.72 Å². The number of carbonyl (C=O) groups excluding carboxylic acids is 1. The molecule has 9 heteroatoms. The Hall–Kier alpha value is -1.36. The zero-order valence-electron chi connectivity index (χ0n) is 17.9.